The van der Waals surface area contributed by atoms with E-state index in [1.165, 1.54) is 21.7 Å². The highest BCUT2D eigenvalue weighted by atomic mass is 32.2. The Labute approximate surface area is 149 Å². The van der Waals surface area contributed by atoms with E-state index in [1.54, 1.807) is 29.9 Å². The summed E-state index contributed by atoms with van der Waals surface area (Å²) < 4.78 is 33.9. The molecule has 1 atom stereocenters. The van der Waals surface area contributed by atoms with Crippen molar-refractivity contribution in [1.82, 2.24) is 34.0 Å². The van der Waals surface area contributed by atoms with Crippen molar-refractivity contribution < 1.29 is 18.0 Å². The maximum atomic E-state index is 12.7. The molecule has 1 aliphatic heterocycles. The van der Waals surface area contributed by atoms with Crippen molar-refractivity contribution in [1.29, 1.82) is 0 Å². The minimum atomic E-state index is -3.66. The minimum absolute atomic E-state index is 0.0213. The summed E-state index contributed by atoms with van der Waals surface area (Å²) in [5.74, 6) is 0. The fourth-order valence-corrected chi connectivity index (χ4v) is 4.07. The molecule has 0 aliphatic carbocycles. The van der Waals surface area contributed by atoms with Crippen LogP contribution in [0.3, 0.4) is 0 Å². The average Bonchev–Trinajstić information content (AvgIpc) is 3.27. The second-order valence-electron chi connectivity index (χ2n) is 5.84. The first-order chi connectivity index (χ1) is 12.5. The molecule has 1 fully saturated rings. The normalized spacial score (nSPS) is 19.0. The maximum absolute atomic E-state index is 12.7. The molecule has 11 nitrogen and oxygen atoms in total. The SMILES string of the molecule is Cn1cnc(S(=O)(=O)N2CCOC(COn3nnc4cccnc43)C2)c1. The molecule has 3 aromatic heterocycles. The average molecular weight is 379 g/mol. The van der Waals surface area contributed by atoms with E-state index in [0.717, 1.165) is 0 Å². The van der Waals surface area contributed by atoms with Gasteiger partial charge in [-0.2, -0.15) is 4.31 Å². The Balaban J connectivity index is 1.44. The fraction of sp³-hybridized carbons (Fsp3) is 0.429. The van der Waals surface area contributed by atoms with Gasteiger partial charge in [0.05, 0.1) is 12.9 Å². The number of sulfonamides is 1. The molecule has 4 rings (SSSR count). The summed E-state index contributed by atoms with van der Waals surface area (Å²) in [5.41, 5.74) is 1.10. The van der Waals surface area contributed by atoms with Crippen LogP contribution in [0.25, 0.3) is 11.2 Å². The fourth-order valence-electron chi connectivity index (χ4n) is 2.65. The van der Waals surface area contributed by atoms with Crippen LogP contribution in [0.15, 0.2) is 35.9 Å². The third-order valence-electron chi connectivity index (χ3n) is 3.95. The number of pyridine rings is 1. The topological polar surface area (TPSA) is 117 Å². The number of nitrogens with zero attached hydrogens (tertiary/aromatic N) is 7. The van der Waals surface area contributed by atoms with Crippen LogP contribution in [0.5, 0.6) is 0 Å². The van der Waals surface area contributed by atoms with Gasteiger partial charge < -0.3 is 14.1 Å². The molecule has 0 bridgehead atoms. The molecule has 1 saturated heterocycles. The lowest BCUT2D eigenvalue weighted by Crippen LogP contribution is -2.48. The Bertz CT molecular complexity index is 1020. The molecule has 0 amide bonds. The van der Waals surface area contributed by atoms with Crippen LogP contribution in [0, 0.1) is 0 Å². The van der Waals surface area contributed by atoms with Crippen molar-refractivity contribution in [3.63, 3.8) is 0 Å². The Morgan fingerprint density at radius 1 is 1.38 bits per heavy atom. The van der Waals surface area contributed by atoms with Crippen LogP contribution < -0.4 is 4.84 Å². The third kappa shape index (κ3) is 3.13. The van der Waals surface area contributed by atoms with Crippen LogP contribution in [-0.4, -0.2) is 74.8 Å². The molecule has 0 aromatic carbocycles. The zero-order valence-electron chi connectivity index (χ0n) is 14.0. The number of ether oxygens (including phenoxy) is 1. The van der Waals surface area contributed by atoms with Gasteiger partial charge in [0, 0.05) is 32.5 Å². The Morgan fingerprint density at radius 2 is 2.27 bits per heavy atom. The van der Waals surface area contributed by atoms with Crippen LogP contribution in [-0.2, 0) is 21.8 Å². The van der Waals surface area contributed by atoms with Crippen LogP contribution in [0.1, 0.15) is 0 Å². The van der Waals surface area contributed by atoms with Gasteiger partial charge in [-0.25, -0.2) is 18.4 Å². The standard InChI is InChI=1S/C14H17N7O4S/c1-19-8-13(16-10-19)26(22,23)20-5-6-24-11(7-20)9-25-21-14-12(17-18-21)3-2-4-15-14/h2-4,8,10-11H,5-7,9H2,1H3. The molecule has 0 saturated carbocycles. The number of fused-ring (bicyclic) bond motifs is 1. The summed E-state index contributed by atoms with van der Waals surface area (Å²) in [7, 11) is -1.94. The minimum Gasteiger partial charge on any atom is -0.391 e. The highest BCUT2D eigenvalue weighted by molar-refractivity contribution is 7.89. The van der Waals surface area contributed by atoms with E-state index in [2.05, 4.69) is 20.3 Å². The molecule has 3 aromatic rings. The van der Waals surface area contributed by atoms with Gasteiger partial charge >= 0.3 is 0 Å². The molecule has 0 N–H and O–H groups in total. The largest absolute Gasteiger partial charge is 0.391 e. The van der Waals surface area contributed by atoms with Crippen molar-refractivity contribution in [3.8, 4) is 0 Å². The van der Waals surface area contributed by atoms with Crippen molar-refractivity contribution in [2.75, 3.05) is 26.3 Å². The molecule has 1 aliphatic rings. The molecular formula is C14H17N7O4S. The maximum Gasteiger partial charge on any atom is 0.262 e. The number of hydrogen-bond donors (Lipinski definition) is 0. The van der Waals surface area contributed by atoms with Gasteiger partial charge in [0.2, 0.25) is 5.65 Å². The third-order valence-corrected chi connectivity index (χ3v) is 5.70. The molecule has 0 radical (unpaired) electrons. The Hall–Kier alpha value is -2.57. The van der Waals surface area contributed by atoms with Crippen LogP contribution >= 0.6 is 0 Å². The number of rotatable bonds is 5. The molecule has 138 valence electrons. The van der Waals surface area contributed by atoms with Gasteiger partial charge in [0.1, 0.15) is 18.2 Å². The van der Waals surface area contributed by atoms with Gasteiger partial charge in [-0.1, -0.05) is 4.85 Å². The second kappa shape index (κ2) is 6.63. The second-order valence-corrected chi connectivity index (χ2v) is 7.72. The predicted octanol–water partition coefficient (Wildman–Crippen LogP) is -0.922. The van der Waals surface area contributed by atoms with Gasteiger partial charge in [-0.3, -0.25) is 0 Å². The first-order valence-electron chi connectivity index (χ1n) is 7.93. The van der Waals surface area contributed by atoms with Crippen LogP contribution in [0.4, 0.5) is 0 Å². The Kier molecular flexibility index (Phi) is 4.30. The highest BCUT2D eigenvalue weighted by Gasteiger charge is 2.32. The van der Waals surface area contributed by atoms with E-state index in [-0.39, 0.29) is 31.3 Å². The van der Waals surface area contributed by atoms with Crippen LogP contribution in [0.2, 0.25) is 0 Å². The number of aryl methyl sites for hydroxylation is 1. The van der Waals surface area contributed by atoms with E-state index in [9.17, 15) is 8.42 Å². The quantitative estimate of drug-likeness (QED) is 0.559. The number of imidazole rings is 1. The van der Waals surface area contributed by atoms with Gasteiger partial charge in [0.15, 0.2) is 5.03 Å². The molecule has 0 spiro atoms. The lowest BCUT2D eigenvalue weighted by atomic mass is 10.3. The Morgan fingerprint density at radius 3 is 3.08 bits per heavy atom. The van der Waals surface area contributed by atoms with E-state index in [0.29, 0.717) is 11.2 Å². The van der Waals surface area contributed by atoms with Gasteiger partial charge in [-0.15, -0.1) is 5.10 Å². The van der Waals surface area contributed by atoms with Gasteiger partial charge in [-0.05, 0) is 17.3 Å². The molecule has 26 heavy (non-hydrogen) atoms. The summed E-state index contributed by atoms with van der Waals surface area (Å²) in [6, 6.07) is 3.53. The smallest absolute Gasteiger partial charge is 0.262 e. The molecule has 12 heteroatoms. The lowest BCUT2D eigenvalue weighted by molar-refractivity contribution is -0.0587. The first-order valence-corrected chi connectivity index (χ1v) is 9.37. The zero-order valence-corrected chi connectivity index (χ0v) is 14.8. The summed E-state index contributed by atoms with van der Waals surface area (Å²) in [5, 5.41) is 7.85. The van der Waals surface area contributed by atoms with E-state index < -0.39 is 16.1 Å². The molecular weight excluding hydrogens is 362 g/mol. The van der Waals surface area contributed by atoms with E-state index >= 15 is 0 Å². The van der Waals surface area contributed by atoms with Crippen molar-refractivity contribution >= 4 is 21.2 Å². The zero-order chi connectivity index (χ0) is 18.1. The number of morpholine rings is 1. The lowest BCUT2D eigenvalue weighted by Gasteiger charge is -2.31. The van der Waals surface area contributed by atoms with E-state index in [1.807, 2.05) is 0 Å². The number of aromatic nitrogens is 6. The molecule has 4 heterocycles. The van der Waals surface area contributed by atoms with E-state index in [4.69, 9.17) is 9.57 Å². The predicted molar refractivity (Wildman–Crippen MR) is 88.5 cm³/mol. The highest BCUT2D eigenvalue weighted by Crippen LogP contribution is 2.17. The van der Waals surface area contributed by atoms with Gasteiger partial charge in [0.25, 0.3) is 10.0 Å². The van der Waals surface area contributed by atoms with Crippen molar-refractivity contribution in [2.24, 2.45) is 7.05 Å². The summed E-state index contributed by atoms with van der Waals surface area (Å²) in [4.78, 5) is 14.9. The molecule has 1 unspecified atom stereocenters. The monoisotopic (exact) mass is 379 g/mol. The number of hydrogen-bond acceptors (Lipinski definition) is 8. The summed E-state index contributed by atoms with van der Waals surface area (Å²) in [6.07, 6.45) is 4.11. The summed E-state index contributed by atoms with van der Waals surface area (Å²) in [6.45, 7) is 0.821. The summed E-state index contributed by atoms with van der Waals surface area (Å²) >= 11 is 0. The van der Waals surface area contributed by atoms with Crippen molar-refractivity contribution in [3.05, 3.63) is 30.9 Å². The van der Waals surface area contributed by atoms with Crippen molar-refractivity contribution in [2.45, 2.75) is 11.1 Å². The first kappa shape index (κ1) is 16.9.